The number of benzene rings is 2. The molecule has 3 aromatic rings. The second-order valence-electron chi connectivity index (χ2n) is 6.94. The number of methoxy groups -OCH3 is 1. The molecule has 30 heavy (non-hydrogen) atoms. The Morgan fingerprint density at radius 1 is 1.17 bits per heavy atom. The van der Waals surface area contributed by atoms with Crippen molar-refractivity contribution in [2.45, 2.75) is 27.2 Å². The van der Waals surface area contributed by atoms with Crippen molar-refractivity contribution in [1.82, 2.24) is 4.98 Å². The van der Waals surface area contributed by atoms with Gasteiger partial charge in [-0.1, -0.05) is 30.7 Å². The molecule has 0 spiro atoms. The summed E-state index contributed by atoms with van der Waals surface area (Å²) in [5.41, 5.74) is 5.14. The first kappa shape index (κ1) is 21.6. The van der Waals surface area contributed by atoms with Crippen LogP contribution < -0.4 is 14.8 Å². The van der Waals surface area contributed by atoms with E-state index in [4.69, 9.17) is 9.47 Å². The third kappa shape index (κ3) is 5.48. The second kappa shape index (κ2) is 10.1. The normalized spacial score (nSPS) is 10.9. The van der Waals surface area contributed by atoms with Crippen molar-refractivity contribution < 1.29 is 14.3 Å². The van der Waals surface area contributed by atoms with Crippen LogP contribution in [0.5, 0.6) is 11.5 Å². The summed E-state index contributed by atoms with van der Waals surface area (Å²) in [5, 5.41) is 5.36. The number of carbonyl (C=O) groups is 1. The predicted octanol–water partition coefficient (Wildman–Crippen LogP) is 5.88. The molecule has 0 aliphatic heterocycles. The first-order valence-corrected chi connectivity index (χ1v) is 10.7. The van der Waals surface area contributed by atoms with Crippen LogP contribution in [0.2, 0.25) is 0 Å². The van der Waals surface area contributed by atoms with E-state index in [1.807, 2.05) is 23.6 Å². The lowest BCUT2D eigenvalue weighted by molar-refractivity contribution is -0.111. The summed E-state index contributed by atoms with van der Waals surface area (Å²) >= 11 is 1.41. The maximum absolute atomic E-state index is 12.3. The summed E-state index contributed by atoms with van der Waals surface area (Å²) in [6, 6.07) is 11.9. The summed E-state index contributed by atoms with van der Waals surface area (Å²) in [6.07, 6.45) is 4.15. The van der Waals surface area contributed by atoms with Crippen LogP contribution in [0.1, 0.15) is 30.0 Å². The molecule has 6 heteroatoms. The molecule has 0 saturated heterocycles. The van der Waals surface area contributed by atoms with Crippen LogP contribution in [0.25, 0.3) is 17.3 Å². The molecular weight excluding hydrogens is 396 g/mol. The third-order valence-corrected chi connectivity index (χ3v) is 5.24. The Bertz CT molecular complexity index is 1060. The lowest BCUT2D eigenvalue weighted by Gasteiger charge is -2.10. The molecule has 0 fully saturated rings. The van der Waals surface area contributed by atoms with Gasteiger partial charge in [0.1, 0.15) is 0 Å². The van der Waals surface area contributed by atoms with Gasteiger partial charge in [-0.2, -0.15) is 0 Å². The van der Waals surface area contributed by atoms with Crippen LogP contribution in [-0.2, 0) is 4.79 Å². The summed E-state index contributed by atoms with van der Waals surface area (Å²) in [5.74, 6) is 1.11. The number of carbonyl (C=O) groups excluding carboxylic acids is 1. The molecule has 1 N–H and O–H groups in total. The van der Waals surface area contributed by atoms with Gasteiger partial charge in [0.05, 0.1) is 19.4 Å². The molecule has 2 aromatic carbocycles. The minimum Gasteiger partial charge on any atom is -0.493 e. The average Bonchev–Trinajstić information content (AvgIpc) is 3.20. The number of anilines is 1. The zero-order valence-electron chi connectivity index (χ0n) is 17.7. The summed E-state index contributed by atoms with van der Waals surface area (Å²) in [6.45, 7) is 6.80. The van der Waals surface area contributed by atoms with E-state index in [9.17, 15) is 4.79 Å². The smallest absolute Gasteiger partial charge is 0.250 e. The quantitative estimate of drug-likeness (QED) is 0.461. The fourth-order valence-corrected chi connectivity index (χ4v) is 3.62. The van der Waals surface area contributed by atoms with Crippen LogP contribution in [-0.4, -0.2) is 24.6 Å². The zero-order chi connectivity index (χ0) is 21.5. The van der Waals surface area contributed by atoms with Gasteiger partial charge in [0.25, 0.3) is 0 Å². The van der Waals surface area contributed by atoms with Crippen molar-refractivity contribution in [3.05, 3.63) is 64.5 Å². The number of rotatable bonds is 8. The molecule has 1 aromatic heterocycles. The van der Waals surface area contributed by atoms with E-state index in [1.165, 1.54) is 23.0 Å². The van der Waals surface area contributed by atoms with Crippen molar-refractivity contribution in [3.8, 4) is 22.8 Å². The molecule has 5 nitrogen and oxygen atoms in total. The summed E-state index contributed by atoms with van der Waals surface area (Å²) < 4.78 is 11.0. The van der Waals surface area contributed by atoms with Gasteiger partial charge < -0.3 is 9.47 Å². The molecule has 3 rings (SSSR count). The molecule has 0 unspecified atom stereocenters. The number of ether oxygens (including phenoxy) is 2. The highest BCUT2D eigenvalue weighted by Crippen LogP contribution is 2.29. The monoisotopic (exact) mass is 422 g/mol. The van der Waals surface area contributed by atoms with E-state index < -0.39 is 0 Å². The van der Waals surface area contributed by atoms with Gasteiger partial charge in [0.15, 0.2) is 16.6 Å². The van der Waals surface area contributed by atoms with Crippen LogP contribution in [0.15, 0.2) is 47.9 Å². The number of aryl methyl sites for hydroxylation is 2. The van der Waals surface area contributed by atoms with Crippen molar-refractivity contribution in [2.24, 2.45) is 0 Å². The van der Waals surface area contributed by atoms with Crippen molar-refractivity contribution in [1.29, 1.82) is 0 Å². The number of nitrogens with one attached hydrogen (secondary N) is 1. The van der Waals surface area contributed by atoms with Gasteiger partial charge in [-0.05, 0) is 55.7 Å². The Morgan fingerprint density at radius 2 is 2.00 bits per heavy atom. The van der Waals surface area contributed by atoms with Gasteiger partial charge in [0, 0.05) is 17.0 Å². The van der Waals surface area contributed by atoms with Crippen molar-refractivity contribution in [2.75, 3.05) is 19.0 Å². The Kier molecular flexibility index (Phi) is 7.25. The number of aromatic nitrogens is 1. The number of nitrogens with zero attached hydrogens (tertiary/aromatic N) is 1. The molecule has 0 saturated carbocycles. The minimum absolute atomic E-state index is 0.234. The van der Waals surface area contributed by atoms with Crippen LogP contribution in [0, 0.1) is 13.8 Å². The standard InChI is InChI=1S/C24H26N2O3S/c1-5-12-29-21-10-8-18(14-22(21)28-4)9-11-23(27)26-24-25-20(15-30-24)19-13-16(2)6-7-17(19)3/h6-11,13-15H,5,12H2,1-4H3,(H,25,26,27). The Labute approximate surface area is 181 Å². The van der Waals surface area contributed by atoms with E-state index in [2.05, 4.69) is 49.3 Å². The summed E-state index contributed by atoms with van der Waals surface area (Å²) in [7, 11) is 1.60. The van der Waals surface area contributed by atoms with Crippen LogP contribution >= 0.6 is 11.3 Å². The van der Waals surface area contributed by atoms with Crippen LogP contribution in [0.3, 0.4) is 0 Å². The average molecular weight is 423 g/mol. The van der Waals surface area contributed by atoms with Gasteiger partial charge in [-0.15, -0.1) is 11.3 Å². The Morgan fingerprint density at radius 3 is 2.77 bits per heavy atom. The zero-order valence-corrected chi connectivity index (χ0v) is 18.5. The molecule has 0 bridgehead atoms. The van der Waals surface area contributed by atoms with E-state index in [0.29, 0.717) is 23.2 Å². The largest absolute Gasteiger partial charge is 0.493 e. The first-order chi connectivity index (χ1) is 14.5. The topological polar surface area (TPSA) is 60.5 Å². The van der Waals surface area contributed by atoms with Crippen molar-refractivity contribution in [3.63, 3.8) is 0 Å². The van der Waals surface area contributed by atoms with Gasteiger partial charge in [-0.25, -0.2) is 4.98 Å². The highest BCUT2D eigenvalue weighted by atomic mass is 32.1. The second-order valence-corrected chi connectivity index (χ2v) is 7.80. The number of hydrogen-bond donors (Lipinski definition) is 1. The lowest BCUT2D eigenvalue weighted by atomic mass is 10.0. The Hall–Kier alpha value is -3.12. The van der Waals surface area contributed by atoms with Crippen molar-refractivity contribution >= 4 is 28.5 Å². The maximum Gasteiger partial charge on any atom is 0.250 e. The fourth-order valence-electron chi connectivity index (χ4n) is 2.90. The Balaban J connectivity index is 1.67. The van der Waals surface area contributed by atoms with Gasteiger partial charge >= 0.3 is 0 Å². The van der Waals surface area contributed by atoms with Crippen LogP contribution in [0.4, 0.5) is 5.13 Å². The molecular formula is C24H26N2O3S. The number of hydrogen-bond acceptors (Lipinski definition) is 5. The maximum atomic E-state index is 12.3. The molecule has 1 amide bonds. The predicted molar refractivity (Wildman–Crippen MR) is 123 cm³/mol. The molecule has 1 heterocycles. The minimum atomic E-state index is -0.234. The van der Waals surface area contributed by atoms with E-state index >= 15 is 0 Å². The lowest BCUT2D eigenvalue weighted by Crippen LogP contribution is -2.07. The molecule has 0 aliphatic rings. The first-order valence-electron chi connectivity index (χ1n) is 9.83. The van der Waals surface area contributed by atoms with Gasteiger partial charge in [0.2, 0.25) is 5.91 Å². The molecule has 0 atom stereocenters. The van der Waals surface area contributed by atoms with Gasteiger partial charge in [-0.3, -0.25) is 10.1 Å². The number of thiazole rings is 1. The third-order valence-electron chi connectivity index (χ3n) is 4.48. The fraction of sp³-hybridized carbons (Fsp3) is 0.250. The molecule has 156 valence electrons. The molecule has 0 aliphatic carbocycles. The van der Waals surface area contributed by atoms with E-state index in [1.54, 1.807) is 13.2 Å². The highest BCUT2D eigenvalue weighted by molar-refractivity contribution is 7.14. The highest BCUT2D eigenvalue weighted by Gasteiger charge is 2.09. The summed E-state index contributed by atoms with van der Waals surface area (Å²) in [4.78, 5) is 16.9. The van der Waals surface area contributed by atoms with E-state index in [-0.39, 0.29) is 5.91 Å². The van der Waals surface area contributed by atoms with E-state index in [0.717, 1.165) is 28.8 Å². The molecule has 0 radical (unpaired) electrons. The SMILES string of the molecule is CCCOc1ccc(C=CC(=O)Nc2nc(-c3cc(C)ccc3C)cs2)cc1OC. The number of amides is 1.